The Labute approximate surface area is 121 Å². The fourth-order valence-corrected chi connectivity index (χ4v) is 2.31. The molecular formula is C15H13Cl2FO. The second-order valence-electron chi connectivity index (χ2n) is 4.69. The lowest BCUT2D eigenvalue weighted by Crippen LogP contribution is -2.24. The molecule has 2 rings (SSSR count). The van der Waals surface area contributed by atoms with Crippen LogP contribution in [0.5, 0.6) is 0 Å². The third-order valence-electron chi connectivity index (χ3n) is 3.02. The monoisotopic (exact) mass is 298 g/mol. The summed E-state index contributed by atoms with van der Waals surface area (Å²) in [5, 5.41) is 11.5. The highest BCUT2D eigenvalue weighted by Crippen LogP contribution is 2.29. The van der Waals surface area contributed by atoms with E-state index in [-0.39, 0.29) is 5.82 Å². The summed E-state index contributed by atoms with van der Waals surface area (Å²) in [6.07, 6.45) is 0.299. The van der Waals surface area contributed by atoms with E-state index in [9.17, 15) is 9.50 Å². The first kappa shape index (κ1) is 14.3. The molecule has 0 radical (unpaired) electrons. The lowest BCUT2D eigenvalue weighted by molar-refractivity contribution is 0.0576. The molecule has 100 valence electrons. The molecule has 0 amide bonds. The van der Waals surface area contributed by atoms with E-state index in [0.29, 0.717) is 22.0 Å². The van der Waals surface area contributed by atoms with Gasteiger partial charge in [0.05, 0.1) is 5.60 Å². The van der Waals surface area contributed by atoms with Gasteiger partial charge in [-0.15, -0.1) is 0 Å². The van der Waals surface area contributed by atoms with Crippen molar-refractivity contribution in [1.82, 2.24) is 0 Å². The molecule has 0 aliphatic heterocycles. The number of aliphatic hydroxyl groups is 1. The van der Waals surface area contributed by atoms with E-state index in [1.807, 2.05) is 0 Å². The maximum Gasteiger partial charge on any atom is 0.124 e. The molecular weight excluding hydrogens is 286 g/mol. The molecule has 4 heteroatoms. The van der Waals surface area contributed by atoms with Gasteiger partial charge in [-0.1, -0.05) is 41.4 Å². The second-order valence-corrected chi connectivity index (χ2v) is 5.54. The van der Waals surface area contributed by atoms with Crippen LogP contribution in [-0.4, -0.2) is 5.11 Å². The predicted octanol–water partition coefficient (Wildman–Crippen LogP) is 4.58. The third kappa shape index (κ3) is 3.47. The van der Waals surface area contributed by atoms with Crippen LogP contribution >= 0.6 is 23.2 Å². The average Bonchev–Trinajstić information content (AvgIpc) is 2.33. The van der Waals surface area contributed by atoms with Crippen LogP contribution in [0.4, 0.5) is 4.39 Å². The summed E-state index contributed by atoms with van der Waals surface area (Å²) in [5.74, 6) is -0.389. The Hall–Kier alpha value is -1.09. The van der Waals surface area contributed by atoms with Crippen LogP contribution in [0.3, 0.4) is 0 Å². The summed E-state index contributed by atoms with van der Waals surface area (Å²) >= 11 is 11.8. The van der Waals surface area contributed by atoms with E-state index < -0.39 is 5.60 Å². The lowest BCUT2D eigenvalue weighted by atomic mass is 9.89. The summed E-state index contributed by atoms with van der Waals surface area (Å²) < 4.78 is 13.0. The summed E-state index contributed by atoms with van der Waals surface area (Å²) in [5.41, 5.74) is 0.340. The van der Waals surface area contributed by atoms with Crippen LogP contribution in [-0.2, 0) is 12.0 Å². The van der Waals surface area contributed by atoms with Gasteiger partial charge in [0.1, 0.15) is 5.82 Å². The maximum atomic E-state index is 13.0. The molecule has 1 unspecified atom stereocenters. The van der Waals surface area contributed by atoms with Gasteiger partial charge < -0.3 is 5.11 Å². The largest absolute Gasteiger partial charge is 0.385 e. The number of rotatable bonds is 3. The fourth-order valence-electron chi connectivity index (χ4n) is 1.95. The summed E-state index contributed by atoms with van der Waals surface area (Å²) in [7, 11) is 0. The predicted molar refractivity (Wildman–Crippen MR) is 76.1 cm³/mol. The molecule has 0 heterocycles. The van der Waals surface area contributed by atoms with Crippen molar-refractivity contribution in [3.05, 3.63) is 69.5 Å². The molecule has 2 aromatic carbocycles. The minimum absolute atomic E-state index is 0.299. The molecule has 1 nitrogen and oxygen atoms in total. The highest BCUT2D eigenvalue weighted by molar-refractivity contribution is 6.31. The van der Waals surface area contributed by atoms with Gasteiger partial charge in [-0.3, -0.25) is 0 Å². The molecule has 0 saturated heterocycles. The van der Waals surface area contributed by atoms with Crippen LogP contribution in [0, 0.1) is 5.82 Å². The normalized spacial score (nSPS) is 14.2. The van der Waals surface area contributed by atoms with Crippen molar-refractivity contribution in [3.8, 4) is 0 Å². The van der Waals surface area contributed by atoms with E-state index in [0.717, 1.165) is 5.56 Å². The molecule has 0 aromatic heterocycles. The summed E-state index contributed by atoms with van der Waals surface area (Å²) in [6.45, 7) is 1.69. The average molecular weight is 299 g/mol. The molecule has 2 aromatic rings. The van der Waals surface area contributed by atoms with Crippen molar-refractivity contribution in [2.75, 3.05) is 0 Å². The first-order valence-electron chi connectivity index (χ1n) is 5.81. The Morgan fingerprint density at radius 2 is 1.74 bits per heavy atom. The first-order valence-corrected chi connectivity index (χ1v) is 6.56. The van der Waals surface area contributed by atoms with Gasteiger partial charge >= 0.3 is 0 Å². The lowest BCUT2D eigenvalue weighted by Gasteiger charge is -2.24. The zero-order chi connectivity index (χ0) is 14.0. The van der Waals surface area contributed by atoms with Crippen LogP contribution in [0.15, 0.2) is 42.5 Å². The zero-order valence-corrected chi connectivity index (χ0v) is 11.8. The Balaban J connectivity index is 2.27. The highest BCUT2D eigenvalue weighted by atomic mass is 35.5. The van der Waals surface area contributed by atoms with Gasteiger partial charge in [0.15, 0.2) is 0 Å². The van der Waals surface area contributed by atoms with Crippen molar-refractivity contribution in [1.29, 1.82) is 0 Å². The van der Waals surface area contributed by atoms with Gasteiger partial charge in [0.2, 0.25) is 0 Å². The Bertz CT molecular complexity index is 579. The summed E-state index contributed by atoms with van der Waals surface area (Å²) in [6, 6.07) is 11.1. The number of benzene rings is 2. The van der Waals surface area contributed by atoms with Gasteiger partial charge in [-0.05, 0) is 42.3 Å². The molecule has 1 N–H and O–H groups in total. The SMILES string of the molecule is CC(O)(Cc1ccc(F)cc1Cl)c1ccc(Cl)cc1. The molecule has 0 aliphatic carbocycles. The minimum Gasteiger partial charge on any atom is -0.385 e. The van der Waals surface area contributed by atoms with Gasteiger partial charge in [-0.2, -0.15) is 0 Å². The topological polar surface area (TPSA) is 20.2 Å². The van der Waals surface area contributed by atoms with Crippen LogP contribution < -0.4 is 0 Å². The summed E-state index contributed by atoms with van der Waals surface area (Å²) in [4.78, 5) is 0. The maximum absolute atomic E-state index is 13.0. The van der Waals surface area contributed by atoms with Crippen molar-refractivity contribution in [2.24, 2.45) is 0 Å². The fraction of sp³-hybridized carbons (Fsp3) is 0.200. The van der Waals surface area contributed by atoms with E-state index >= 15 is 0 Å². The molecule has 1 atom stereocenters. The van der Waals surface area contributed by atoms with Gasteiger partial charge in [-0.25, -0.2) is 4.39 Å². The smallest absolute Gasteiger partial charge is 0.124 e. The quantitative estimate of drug-likeness (QED) is 0.879. The van der Waals surface area contributed by atoms with Crippen molar-refractivity contribution in [3.63, 3.8) is 0 Å². The Kier molecular flexibility index (Phi) is 4.14. The van der Waals surface area contributed by atoms with E-state index in [1.54, 1.807) is 37.3 Å². The van der Waals surface area contributed by atoms with Crippen LogP contribution in [0.25, 0.3) is 0 Å². The first-order chi connectivity index (χ1) is 8.88. The van der Waals surface area contributed by atoms with Crippen LogP contribution in [0.2, 0.25) is 10.0 Å². The van der Waals surface area contributed by atoms with Gasteiger partial charge in [0, 0.05) is 16.5 Å². The molecule has 0 bridgehead atoms. The van der Waals surface area contributed by atoms with Crippen molar-refractivity contribution >= 4 is 23.2 Å². The third-order valence-corrected chi connectivity index (χ3v) is 3.62. The van der Waals surface area contributed by atoms with Crippen molar-refractivity contribution < 1.29 is 9.50 Å². The molecule has 0 saturated carbocycles. The number of halogens is 3. The van der Waals surface area contributed by atoms with Crippen molar-refractivity contribution in [2.45, 2.75) is 18.9 Å². The highest BCUT2D eigenvalue weighted by Gasteiger charge is 2.24. The van der Waals surface area contributed by atoms with Gasteiger partial charge in [0.25, 0.3) is 0 Å². The zero-order valence-electron chi connectivity index (χ0n) is 10.3. The molecule has 0 spiro atoms. The Morgan fingerprint density at radius 3 is 2.32 bits per heavy atom. The second kappa shape index (κ2) is 5.49. The molecule has 19 heavy (non-hydrogen) atoms. The minimum atomic E-state index is -1.09. The standard InChI is InChI=1S/C15H13Cl2FO/c1-15(19,11-3-5-12(16)6-4-11)9-10-2-7-13(18)8-14(10)17/h2-8,19H,9H2,1H3. The van der Waals surface area contributed by atoms with Crippen LogP contribution in [0.1, 0.15) is 18.1 Å². The van der Waals surface area contributed by atoms with E-state index in [4.69, 9.17) is 23.2 Å². The number of hydrogen-bond acceptors (Lipinski definition) is 1. The Morgan fingerprint density at radius 1 is 1.11 bits per heavy atom. The van der Waals surface area contributed by atoms with E-state index in [2.05, 4.69) is 0 Å². The molecule has 0 aliphatic rings. The van der Waals surface area contributed by atoms with E-state index in [1.165, 1.54) is 12.1 Å². The number of hydrogen-bond donors (Lipinski definition) is 1. The molecule has 0 fully saturated rings.